The summed E-state index contributed by atoms with van der Waals surface area (Å²) in [6.07, 6.45) is 0.852. The Morgan fingerprint density at radius 3 is 2.46 bits per heavy atom. The molecule has 24 heavy (non-hydrogen) atoms. The van der Waals surface area contributed by atoms with Crippen LogP contribution in [0.3, 0.4) is 0 Å². The summed E-state index contributed by atoms with van der Waals surface area (Å²) in [5.41, 5.74) is 2.04. The zero-order valence-electron chi connectivity index (χ0n) is 14.0. The van der Waals surface area contributed by atoms with Gasteiger partial charge in [-0.25, -0.2) is 0 Å². The second-order valence-electron chi connectivity index (χ2n) is 5.45. The Kier molecular flexibility index (Phi) is 6.37. The molecule has 0 radical (unpaired) electrons. The first-order valence-electron chi connectivity index (χ1n) is 7.96. The van der Waals surface area contributed by atoms with Gasteiger partial charge in [-0.3, -0.25) is 9.59 Å². The number of anilines is 1. The number of ether oxygens (including phenoxy) is 1. The van der Waals surface area contributed by atoms with Gasteiger partial charge >= 0.3 is 0 Å². The summed E-state index contributed by atoms with van der Waals surface area (Å²) in [4.78, 5) is 24.2. The van der Waals surface area contributed by atoms with E-state index in [1.165, 1.54) is 0 Å². The molecule has 2 rings (SSSR count). The predicted molar refractivity (Wildman–Crippen MR) is 94.4 cm³/mol. The molecule has 2 amide bonds. The Hall–Kier alpha value is -2.82. The van der Waals surface area contributed by atoms with Crippen molar-refractivity contribution < 1.29 is 14.3 Å². The van der Waals surface area contributed by atoms with Gasteiger partial charge in [-0.15, -0.1) is 0 Å². The van der Waals surface area contributed by atoms with Crippen molar-refractivity contribution in [3.8, 4) is 5.75 Å². The van der Waals surface area contributed by atoms with E-state index < -0.39 is 0 Å². The highest BCUT2D eigenvalue weighted by atomic mass is 16.5. The zero-order valence-corrected chi connectivity index (χ0v) is 14.0. The van der Waals surface area contributed by atoms with Crippen molar-refractivity contribution >= 4 is 17.5 Å². The van der Waals surface area contributed by atoms with Crippen LogP contribution in [0, 0.1) is 6.92 Å². The lowest BCUT2D eigenvalue weighted by Gasteiger charge is -2.12. The fourth-order valence-corrected chi connectivity index (χ4v) is 2.09. The van der Waals surface area contributed by atoms with Crippen LogP contribution in [0.15, 0.2) is 48.5 Å². The highest BCUT2D eigenvalue weighted by Crippen LogP contribution is 2.15. The number of aryl methyl sites for hydroxylation is 1. The SMILES string of the molecule is CCCNC(=O)c1ccccc1NC(=O)COc1ccc(C)cc1. The molecule has 0 bridgehead atoms. The van der Waals surface area contributed by atoms with E-state index in [4.69, 9.17) is 4.74 Å². The van der Waals surface area contributed by atoms with Crippen molar-refractivity contribution in [1.82, 2.24) is 5.32 Å². The fourth-order valence-electron chi connectivity index (χ4n) is 2.09. The summed E-state index contributed by atoms with van der Waals surface area (Å²) in [6, 6.07) is 14.4. The van der Waals surface area contributed by atoms with E-state index >= 15 is 0 Å². The summed E-state index contributed by atoms with van der Waals surface area (Å²) >= 11 is 0. The molecule has 0 atom stereocenters. The van der Waals surface area contributed by atoms with Gasteiger partial charge in [0.2, 0.25) is 0 Å². The third kappa shape index (κ3) is 5.12. The molecule has 0 aliphatic rings. The minimum absolute atomic E-state index is 0.117. The predicted octanol–water partition coefficient (Wildman–Crippen LogP) is 3.15. The Balaban J connectivity index is 1.96. The molecule has 5 heteroatoms. The van der Waals surface area contributed by atoms with Crippen LogP contribution in [0.4, 0.5) is 5.69 Å². The van der Waals surface area contributed by atoms with Gasteiger partial charge in [0.05, 0.1) is 11.3 Å². The van der Waals surface area contributed by atoms with Gasteiger partial charge < -0.3 is 15.4 Å². The van der Waals surface area contributed by atoms with Crippen LogP contribution in [0.25, 0.3) is 0 Å². The molecule has 0 aliphatic heterocycles. The molecule has 2 aromatic carbocycles. The normalized spacial score (nSPS) is 10.1. The van der Waals surface area contributed by atoms with Crippen molar-refractivity contribution in [2.75, 3.05) is 18.5 Å². The molecule has 2 N–H and O–H groups in total. The van der Waals surface area contributed by atoms with E-state index in [1.54, 1.807) is 24.3 Å². The molecule has 0 spiro atoms. The molecule has 0 aromatic heterocycles. The molecule has 0 unspecified atom stereocenters. The maximum absolute atomic E-state index is 12.1. The van der Waals surface area contributed by atoms with E-state index in [-0.39, 0.29) is 18.4 Å². The summed E-state index contributed by atoms with van der Waals surface area (Å²) in [5.74, 6) is 0.114. The van der Waals surface area contributed by atoms with E-state index in [9.17, 15) is 9.59 Å². The van der Waals surface area contributed by atoms with E-state index in [1.807, 2.05) is 38.1 Å². The number of hydrogen-bond donors (Lipinski definition) is 2. The van der Waals surface area contributed by atoms with Crippen molar-refractivity contribution in [3.05, 3.63) is 59.7 Å². The third-order valence-corrected chi connectivity index (χ3v) is 3.37. The van der Waals surface area contributed by atoms with Crippen molar-refractivity contribution in [2.24, 2.45) is 0 Å². The van der Waals surface area contributed by atoms with Gasteiger partial charge in [0, 0.05) is 6.54 Å². The summed E-state index contributed by atoms with van der Waals surface area (Å²) < 4.78 is 5.45. The topological polar surface area (TPSA) is 67.4 Å². The molecular formula is C19H22N2O3. The number of carbonyl (C=O) groups excluding carboxylic acids is 2. The maximum Gasteiger partial charge on any atom is 0.262 e. The number of amides is 2. The molecule has 126 valence electrons. The summed E-state index contributed by atoms with van der Waals surface area (Å²) in [6.45, 7) is 4.44. The first-order valence-corrected chi connectivity index (χ1v) is 7.96. The zero-order chi connectivity index (χ0) is 17.4. The number of benzene rings is 2. The van der Waals surface area contributed by atoms with Gasteiger partial charge in [0.1, 0.15) is 5.75 Å². The minimum Gasteiger partial charge on any atom is -0.484 e. The first-order chi connectivity index (χ1) is 11.6. The van der Waals surface area contributed by atoms with Gasteiger partial charge in [0.25, 0.3) is 11.8 Å². The molecule has 2 aromatic rings. The van der Waals surface area contributed by atoms with Crippen LogP contribution in [0.2, 0.25) is 0 Å². The maximum atomic E-state index is 12.1. The first kappa shape index (κ1) is 17.5. The molecule has 0 aliphatic carbocycles. The Morgan fingerprint density at radius 2 is 1.75 bits per heavy atom. The largest absolute Gasteiger partial charge is 0.484 e. The smallest absolute Gasteiger partial charge is 0.262 e. The lowest BCUT2D eigenvalue weighted by molar-refractivity contribution is -0.118. The molecule has 0 fully saturated rings. The van der Waals surface area contributed by atoms with Crippen LogP contribution < -0.4 is 15.4 Å². The average molecular weight is 326 g/mol. The minimum atomic E-state index is -0.314. The van der Waals surface area contributed by atoms with E-state index in [0.717, 1.165) is 12.0 Å². The van der Waals surface area contributed by atoms with Crippen LogP contribution >= 0.6 is 0 Å². The van der Waals surface area contributed by atoms with Crippen LogP contribution in [-0.4, -0.2) is 25.0 Å². The lowest BCUT2D eigenvalue weighted by atomic mass is 10.1. The molecule has 0 heterocycles. The Morgan fingerprint density at radius 1 is 1.04 bits per heavy atom. The van der Waals surface area contributed by atoms with Crippen LogP contribution in [0.5, 0.6) is 5.75 Å². The van der Waals surface area contributed by atoms with Crippen molar-refractivity contribution in [1.29, 1.82) is 0 Å². The number of carbonyl (C=O) groups is 2. The van der Waals surface area contributed by atoms with Gasteiger partial charge in [-0.05, 0) is 37.6 Å². The van der Waals surface area contributed by atoms with Crippen LogP contribution in [-0.2, 0) is 4.79 Å². The van der Waals surface area contributed by atoms with Crippen molar-refractivity contribution in [2.45, 2.75) is 20.3 Å². The highest BCUT2D eigenvalue weighted by molar-refractivity contribution is 6.04. The van der Waals surface area contributed by atoms with Crippen LogP contribution in [0.1, 0.15) is 29.3 Å². The monoisotopic (exact) mass is 326 g/mol. The quantitative estimate of drug-likeness (QED) is 0.821. The summed E-state index contributed by atoms with van der Waals surface area (Å²) in [5, 5.41) is 5.53. The molecule has 5 nitrogen and oxygen atoms in total. The second kappa shape index (κ2) is 8.72. The van der Waals surface area contributed by atoms with Crippen molar-refractivity contribution in [3.63, 3.8) is 0 Å². The second-order valence-corrected chi connectivity index (χ2v) is 5.45. The van der Waals surface area contributed by atoms with E-state index in [2.05, 4.69) is 10.6 Å². The Bertz CT molecular complexity index is 696. The lowest BCUT2D eigenvalue weighted by Crippen LogP contribution is -2.27. The summed E-state index contributed by atoms with van der Waals surface area (Å²) in [7, 11) is 0. The highest BCUT2D eigenvalue weighted by Gasteiger charge is 2.12. The van der Waals surface area contributed by atoms with Gasteiger partial charge in [-0.1, -0.05) is 36.8 Å². The number of para-hydroxylation sites is 1. The fraction of sp³-hybridized carbons (Fsp3) is 0.263. The molecule has 0 saturated carbocycles. The number of rotatable bonds is 7. The molecular weight excluding hydrogens is 304 g/mol. The number of hydrogen-bond acceptors (Lipinski definition) is 3. The third-order valence-electron chi connectivity index (χ3n) is 3.37. The molecule has 0 saturated heterocycles. The Labute approximate surface area is 142 Å². The van der Waals surface area contributed by atoms with Gasteiger partial charge in [-0.2, -0.15) is 0 Å². The number of nitrogens with one attached hydrogen (secondary N) is 2. The average Bonchev–Trinajstić information content (AvgIpc) is 2.59. The van der Waals surface area contributed by atoms with E-state index in [0.29, 0.717) is 23.5 Å². The van der Waals surface area contributed by atoms with Gasteiger partial charge in [0.15, 0.2) is 6.61 Å². The standard InChI is InChI=1S/C19H22N2O3/c1-3-12-20-19(23)16-6-4-5-7-17(16)21-18(22)13-24-15-10-8-14(2)9-11-15/h4-11H,3,12-13H2,1-2H3,(H,20,23)(H,21,22).